The molecule has 0 aliphatic carbocycles. The van der Waals surface area contributed by atoms with Crippen LogP contribution in [0, 0.1) is 11.3 Å². The SMILES string of the molecule is ClC#CCCCBr. The molecule has 40 valence electrons. The first-order valence-electron chi connectivity index (χ1n) is 2.06. The minimum absolute atomic E-state index is 0.898. The molecule has 0 aromatic carbocycles. The Bertz CT molecular complexity index is 79.8. The van der Waals surface area contributed by atoms with Crippen LogP contribution in [0.1, 0.15) is 12.8 Å². The molecule has 0 amide bonds. The molecule has 2 heteroatoms. The number of alkyl halides is 1. The smallest absolute Gasteiger partial charge is 0.0109 e. The van der Waals surface area contributed by atoms with Gasteiger partial charge in [0.05, 0.1) is 0 Å². The minimum atomic E-state index is 0.898. The molecule has 0 fully saturated rings. The molecule has 0 nitrogen and oxygen atoms in total. The van der Waals surface area contributed by atoms with Crippen molar-refractivity contribution in [3.63, 3.8) is 0 Å². The highest BCUT2D eigenvalue weighted by Crippen LogP contribution is 1.90. The predicted octanol–water partition coefficient (Wildman–Crippen LogP) is 2.36. The van der Waals surface area contributed by atoms with E-state index in [4.69, 9.17) is 11.6 Å². The zero-order chi connectivity index (χ0) is 5.54. The van der Waals surface area contributed by atoms with E-state index in [2.05, 4.69) is 27.2 Å². The van der Waals surface area contributed by atoms with Crippen LogP contribution in [0.4, 0.5) is 0 Å². The highest BCUT2D eigenvalue weighted by molar-refractivity contribution is 9.09. The van der Waals surface area contributed by atoms with Gasteiger partial charge in [0.15, 0.2) is 0 Å². The molecular weight excluding hydrogens is 175 g/mol. The van der Waals surface area contributed by atoms with Crippen LogP contribution in [-0.4, -0.2) is 5.33 Å². The maximum Gasteiger partial charge on any atom is 0.0109 e. The summed E-state index contributed by atoms with van der Waals surface area (Å²) >= 11 is 8.33. The van der Waals surface area contributed by atoms with Crippen molar-refractivity contribution in [2.45, 2.75) is 12.8 Å². The molecule has 7 heavy (non-hydrogen) atoms. The van der Waals surface area contributed by atoms with E-state index in [9.17, 15) is 0 Å². The van der Waals surface area contributed by atoms with Gasteiger partial charge in [-0.05, 0) is 18.0 Å². The number of halogens is 2. The lowest BCUT2D eigenvalue weighted by Crippen LogP contribution is -1.68. The fraction of sp³-hybridized carbons (Fsp3) is 0.600. The first-order chi connectivity index (χ1) is 3.41. The summed E-state index contributed by atoms with van der Waals surface area (Å²) < 4.78 is 0. The van der Waals surface area contributed by atoms with E-state index in [0.29, 0.717) is 0 Å². The Hall–Kier alpha value is 0.330. The maximum absolute atomic E-state index is 5.06. The van der Waals surface area contributed by atoms with Crippen LogP contribution in [0.5, 0.6) is 0 Å². The Morgan fingerprint density at radius 1 is 1.57 bits per heavy atom. The topological polar surface area (TPSA) is 0 Å². The fourth-order valence-electron chi connectivity index (χ4n) is 0.202. The van der Waals surface area contributed by atoms with Gasteiger partial charge in [0.2, 0.25) is 0 Å². The Balaban J connectivity index is 2.78. The van der Waals surface area contributed by atoms with E-state index in [1.807, 2.05) is 0 Å². The second-order valence-corrected chi connectivity index (χ2v) is 2.05. The van der Waals surface area contributed by atoms with E-state index in [0.717, 1.165) is 18.2 Å². The van der Waals surface area contributed by atoms with Crippen molar-refractivity contribution in [1.82, 2.24) is 0 Å². The van der Waals surface area contributed by atoms with Crippen LogP contribution in [0.3, 0.4) is 0 Å². The van der Waals surface area contributed by atoms with Crippen LogP contribution in [0.15, 0.2) is 0 Å². The molecule has 0 saturated carbocycles. The molecule has 0 spiro atoms. The minimum Gasteiger partial charge on any atom is -0.0928 e. The van der Waals surface area contributed by atoms with Gasteiger partial charge in [-0.2, -0.15) is 0 Å². The molecule has 0 heterocycles. The van der Waals surface area contributed by atoms with E-state index in [1.165, 1.54) is 0 Å². The molecule has 0 atom stereocenters. The third-order valence-corrected chi connectivity index (χ3v) is 1.20. The van der Waals surface area contributed by atoms with Gasteiger partial charge in [0, 0.05) is 17.1 Å². The Kier molecular flexibility index (Phi) is 6.63. The molecule has 0 aliphatic rings. The van der Waals surface area contributed by atoms with Crippen LogP contribution < -0.4 is 0 Å². The lowest BCUT2D eigenvalue weighted by atomic mass is 10.4. The molecule has 0 bridgehead atoms. The zero-order valence-electron chi connectivity index (χ0n) is 3.88. The van der Waals surface area contributed by atoms with Gasteiger partial charge in [0.1, 0.15) is 0 Å². The molecule has 0 aliphatic heterocycles. The Morgan fingerprint density at radius 2 is 2.29 bits per heavy atom. The Labute approximate surface area is 57.4 Å². The number of unbranched alkanes of at least 4 members (excludes halogenated alkanes) is 1. The predicted molar refractivity (Wildman–Crippen MR) is 36.7 cm³/mol. The average molecular weight is 181 g/mol. The van der Waals surface area contributed by atoms with Gasteiger partial charge in [-0.1, -0.05) is 21.9 Å². The molecular formula is C5H6BrCl. The van der Waals surface area contributed by atoms with Crippen molar-refractivity contribution < 1.29 is 0 Å². The summed E-state index contributed by atoms with van der Waals surface area (Å²) in [6, 6.07) is 0. The van der Waals surface area contributed by atoms with Crippen LogP contribution in [0.2, 0.25) is 0 Å². The Morgan fingerprint density at radius 3 is 2.71 bits per heavy atom. The summed E-state index contributed by atoms with van der Waals surface area (Å²) in [5, 5.41) is 3.32. The van der Waals surface area contributed by atoms with Crippen LogP contribution in [0.25, 0.3) is 0 Å². The fourth-order valence-corrected chi connectivity index (χ4v) is 0.577. The van der Waals surface area contributed by atoms with E-state index < -0.39 is 0 Å². The molecule has 0 rings (SSSR count). The van der Waals surface area contributed by atoms with Crippen molar-refractivity contribution in [1.29, 1.82) is 0 Å². The summed E-state index contributed by atoms with van der Waals surface area (Å²) in [6.07, 6.45) is 1.98. The van der Waals surface area contributed by atoms with Crippen LogP contribution in [-0.2, 0) is 0 Å². The van der Waals surface area contributed by atoms with Gasteiger partial charge in [-0.3, -0.25) is 0 Å². The van der Waals surface area contributed by atoms with E-state index in [-0.39, 0.29) is 0 Å². The normalized spacial score (nSPS) is 7.14. The van der Waals surface area contributed by atoms with Crippen molar-refractivity contribution in [2.75, 3.05) is 5.33 Å². The van der Waals surface area contributed by atoms with Gasteiger partial charge >= 0.3 is 0 Å². The molecule has 0 unspecified atom stereocenters. The maximum atomic E-state index is 5.06. The lowest BCUT2D eigenvalue weighted by molar-refractivity contribution is 1.01. The largest absolute Gasteiger partial charge is 0.0928 e. The molecule has 0 saturated heterocycles. The van der Waals surface area contributed by atoms with Gasteiger partial charge < -0.3 is 0 Å². The summed E-state index contributed by atoms with van der Waals surface area (Å²) in [7, 11) is 0. The third-order valence-electron chi connectivity index (χ3n) is 0.502. The highest BCUT2D eigenvalue weighted by Gasteiger charge is 1.74. The van der Waals surface area contributed by atoms with E-state index in [1.54, 1.807) is 0 Å². The first-order valence-corrected chi connectivity index (χ1v) is 3.56. The number of rotatable bonds is 2. The van der Waals surface area contributed by atoms with Gasteiger partial charge in [0.25, 0.3) is 0 Å². The van der Waals surface area contributed by atoms with Crippen molar-refractivity contribution in [2.24, 2.45) is 0 Å². The van der Waals surface area contributed by atoms with Crippen molar-refractivity contribution in [3.8, 4) is 11.3 Å². The first kappa shape index (κ1) is 7.33. The summed E-state index contributed by atoms with van der Waals surface area (Å²) in [4.78, 5) is 0. The molecule has 0 aromatic rings. The average Bonchev–Trinajstić information content (AvgIpc) is 1.69. The second-order valence-electron chi connectivity index (χ2n) is 1.06. The third kappa shape index (κ3) is 6.33. The van der Waals surface area contributed by atoms with Crippen molar-refractivity contribution >= 4 is 27.5 Å². The molecule has 0 radical (unpaired) electrons. The highest BCUT2D eigenvalue weighted by atomic mass is 79.9. The molecule has 0 aromatic heterocycles. The quantitative estimate of drug-likeness (QED) is 0.349. The number of hydrogen-bond acceptors (Lipinski definition) is 0. The second kappa shape index (κ2) is 6.33. The van der Waals surface area contributed by atoms with Gasteiger partial charge in [-0.15, -0.1) is 0 Å². The van der Waals surface area contributed by atoms with Crippen LogP contribution >= 0.6 is 27.5 Å². The monoisotopic (exact) mass is 180 g/mol. The molecule has 0 N–H and O–H groups in total. The summed E-state index contributed by atoms with van der Waals surface area (Å²) in [5.74, 6) is 2.73. The van der Waals surface area contributed by atoms with E-state index >= 15 is 0 Å². The zero-order valence-corrected chi connectivity index (χ0v) is 6.22. The lowest BCUT2D eigenvalue weighted by Gasteiger charge is -1.78. The standard InChI is InChI=1S/C5H6BrCl/c6-4-2-1-3-5-7/h1-2,4H2. The van der Waals surface area contributed by atoms with Crippen molar-refractivity contribution in [3.05, 3.63) is 0 Å². The summed E-state index contributed by atoms with van der Waals surface area (Å²) in [5.41, 5.74) is 0. The van der Waals surface area contributed by atoms with Gasteiger partial charge in [-0.25, -0.2) is 0 Å². The summed E-state index contributed by atoms with van der Waals surface area (Å²) in [6.45, 7) is 0. The number of hydrogen-bond donors (Lipinski definition) is 0.